The van der Waals surface area contributed by atoms with Crippen LogP contribution in [0.2, 0.25) is 0 Å². The minimum atomic E-state index is -1.56. The van der Waals surface area contributed by atoms with Gasteiger partial charge in [0.15, 0.2) is 0 Å². The minimum Gasteiger partial charge on any atom is -0.302 e. The van der Waals surface area contributed by atoms with Crippen molar-refractivity contribution in [3.05, 3.63) is 0 Å². The van der Waals surface area contributed by atoms with Crippen LogP contribution in [0.15, 0.2) is 0 Å². The summed E-state index contributed by atoms with van der Waals surface area (Å²) in [5.74, 6) is -0.192. The third-order valence-electron chi connectivity index (χ3n) is 6.46. The molecule has 3 saturated heterocycles. The average Bonchev–Trinajstić information content (AvgIpc) is 2.57. The summed E-state index contributed by atoms with van der Waals surface area (Å²) in [6, 6.07) is 0.682. The summed E-state index contributed by atoms with van der Waals surface area (Å²) in [5.41, 5.74) is -0.118. The van der Waals surface area contributed by atoms with Gasteiger partial charge < -0.3 is 9.80 Å². The van der Waals surface area contributed by atoms with Crippen LogP contribution in [0.3, 0.4) is 0 Å². The maximum Gasteiger partial charge on any atom is 0.0434 e. The molecular weight excluding hydrogens is 306 g/mol. The first kappa shape index (κ1) is 14.9. The first-order valence-corrected chi connectivity index (χ1v) is 10.4. The van der Waals surface area contributed by atoms with Gasteiger partial charge in [0.2, 0.25) is 0 Å². The molecule has 0 unspecified atom stereocenters. The number of hydrogen-bond acceptors (Lipinski definition) is 3. The lowest BCUT2D eigenvalue weighted by Gasteiger charge is -2.49. The summed E-state index contributed by atoms with van der Waals surface area (Å²) in [5, 5.41) is 0. The average molecular weight is 354 g/mol. The van der Waals surface area contributed by atoms with E-state index in [9.17, 15) is 0 Å². The Morgan fingerprint density at radius 3 is 1.88 bits per heavy atom. The van der Waals surface area contributed by atoms with E-state index in [-0.39, 0.29) is 11.0 Å². The summed E-state index contributed by atoms with van der Waals surface area (Å²) in [7, 11) is 0. The van der Waals surface area contributed by atoms with Crippen LogP contribution in [0, 0.1) is 17.3 Å². The van der Waals surface area contributed by atoms with Gasteiger partial charge in [-0.15, -0.1) is 0 Å². The Labute approximate surface area is 162 Å². The van der Waals surface area contributed by atoms with E-state index in [4.69, 9.17) is 5.48 Å². The van der Waals surface area contributed by atoms with Crippen molar-refractivity contribution in [2.45, 2.75) is 78.8 Å². The number of rotatable bonds is 3. The number of likely N-dealkylation sites (tertiary alicyclic amines) is 3. The molecule has 0 N–H and O–H groups in total. The van der Waals surface area contributed by atoms with E-state index in [0.717, 1.165) is 25.9 Å². The van der Waals surface area contributed by atoms with E-state index < -0.39 is 18.9 Å². The fourth-order valence-corrected chi connectivity index (χ4v) is 4.47. The van der Waals surface area contributed by atoms with Crippen LogP contribution in [0.1, 0.15) is 72.7 Å². The zero-order valence-electron chi connectivity index (χ0n) is 21.4. The highest BCUT2D eigenvalue weighted by molar-refractivity contribution is 4.91. The SMILES string of the molecule is [2H]C1([2H])C(C(C)(C)C)C([2H])([2H])N1CC1CCN(C2CCN(C(C)(C)C)CC2)CC1. The van der Waals surface area contributed by atoms with Gasteiger partial charge in [-0.2, -0.15) is 0 Å². The Balaban J connectivity index is 1.50. The maximum absolute atomic E-state index is 8.52. The quantitative estimate of drug-likeness (QED) is 0.761. The number of hydrogen-bond donors (Lipinski definition) is 0. The zero-order valence-corrected chi connectivity index (χ0v) is 17.4. The molecule has 146 valence electrons. The Morgan fingerprint density at radius 1 is 0.840 bits per heavy atom. The van der Waals surface area contributed by atoms with Crippen molar-refractivity contribution >= 4 is 0 Å². The van der Waals surface area contributed by atoms with Crippen molar-refractivity contribution in [3.8, 4) is 0 Å². The normalized spacial score (nSPS) is 34.0. The Kier molecular flexibility index (Phi) is 4.45. The predicted molar refractivity (Wildman–Crippen MR) is 108 cm³/mol. The van der Waals surface area contributed by atoms with E-state index in [2.05, 4.69) is 30.6 Å². The van der Waals surface area contributed by atoms with Crippen LogP contribution in [-0.4, -0.2) is 72.0 Å². The minimum absolute atomic E-state index is 0.262. The molecule has 0 bridgehead atoms. The first-order chi connectivity index (χ1) is 13.1. The van der Waals surface area contributed by atoms with Gasteiger partial charge in [-0.05, 0) is 76.8 Å². The largest absolute Gasteiger partial charge is 0.302 e. The van der Waals surface area contributed by atoms with Gasteiger partial charge in [0.25, 0.3) is 0 Å². The Hall–Kier alpha value is -0.120. The second-order valence-corrected chi connectivity index (χ2v) is 10.5. The van der Waals surface area contributed by atoms with Gasteiger partial charge in [0.1, 0.15) is 0 Å². The Bertz CT molecular complexity index is 550. The van der Waals surface area contributed by atoms with Gasteiger partial charge in [0.05, 0.1) is 0 Å². The van der Waals surface area contributed by atoms with Crippen molar-refractivity contribution in [1.29, 1.82) is 0 Å². The van der Waals surface area contributed by atoms with E-state index in [1.165, 1.54) is 30.8 Å². The summed E-state index contributed by atoms with van der Waals surface area (Å²) in [6.45, 7) is 14.7. The Morgan fingerprint density at radius 2 is 1.40 bits per heavy atom. The molecule has 0 aromatic heterocycles. The molecule has 3 heteroatoms. The molecule has 0 amide bonds. The van der Waals surface area contributed by atoms with E-state index in [1.807, 2.05) is 20.8 Å². The molecule has 3 aliphatic rings. The van der Waals surface area contributed by atoms with Crippen LogP contribution in [0.5, 0.6) is 0 Å². The molecule has 0 radical (unpaired) electrons. The van der Waals surface area contributed by atoms with Gasteiger partial charge in [-0.1, -0.05) is 20.8 Å². The van der Waals surface area contributed by atoms with Gasteiger partial charge in [-0.25, -0.2) is 0 Å². The lowest BCUT2D eigenvalue weighted by molar-refractivity contribution is -0.00167. The first-order valence-electron chi connectivity index (χ1n) is 12.4. The second kappa shape index (κ2) is 7.48. The van der Waals surface area contributed by atoms with Crippen LogP contribution in [0.25, 0.3) is 0 Å². The second-order valence-electron chi connectivity index (χ2n) is 10.5. The molecule has 3 nitrogen and oxygen atoms in total. The molecule has 0 spiro atoms. The van der Waals surface area contributed by atoms with Crippen molar-refractivity contribution in [2.75, 3.05) is 45.7 Å². The van der Waals surface area contributed by atoms with Crippen molar-refractivity contribution in [2.24, 2.45) is 17.3 Å². The summed E-state index contributed by atoms with van der Waals surface area (Å²) in [6.07, 6.45) is 4.60. The highest BCUT2D eigenvalue weighted by Gasteiger charge is 2.37. The lowest BCUT2D eigenvalue weighted by Crippen LogP contribution is -2.55. The van der Waals surface area contributed by atoms with E-state index in [0.29, 0.717) is 18.5 Å². The van der Waals surface area contributed by atoms with Crippen molar-refractivity contribution in [3.63, 3.8) is 0 Å². The van der Waals surface area contributed by atoms with Crippen molar-refractivity contribution in [1.82, 2.24) is 14.7 Å². The number of nitrogens with zero attached hydrogens (tertiary/aromatic N) is 3. The highest BCUT2D eigenvalue weighted by Crippen LogP contribution is 2.35. The maximum atomic E-state index is 8.52. The van der Waals surface area contributed by atoms with Crippen LogP contribution < -0.4 is 0 Å². The molecule has 3 rings (SSSR count). The number of piperidine rings is 2. The van der Waals surface area contributed by atoms with Crippen LogP contribution >= 0.6 is 0 Å². The third kappa shape index (κ3) is 4.99. The molecule has 0 atom stereocenters. The van der Waals surface area contributed by atoms with E-state index >= 15 is 0 Å². The van der Waals surface area contributed by atoms with Crippen LogP contribution in [-0.2, 0) is 0 Å². The fraction of sp³-hybridized carbons (Fsp3) is 1.00. The smallest absolute Gasteiger partial charge is 0.0434 e. The molecule has 3 fully saturated rings. The molecule has 0 aromatic rings. The molecule has 0 aromatic carbocycles. The van der Waals surface area contributed by atoms with Gasteiger partial charge >= 0.3 is 0 Å². The van der Waals surface area contributed by atoms with Gasteiger partial charge in [-0.3, -0.25) is 4.90 Å². The highest BCUT2D eigenvalue weighted by atomic mass is 15.2. The summed E-state index contributed by atoms with van der Waals surface area (Å²) in [4.78, 5) is 6.75. The third-order valence-corrected chi connectivity index (χ3v) is 6.46. The standard InChI is InChI=1S/C22H43N3/c1-21(2,3)19-16-23(17-19)15-18-7-11-24(12-8-18)20-9-13-25(14-10-20)22(4,5)6/h18-20H,7-17H2,1-6H3/i16D2,17D2. The van der Waals surface area contributed by atoms with Crippen molar-refractivity contribution < 1.29 is 5.48 Å². The van der Waals surface area contributed by atoms with Gasteiger partial charge in [0, 0.05) is 49.7 Å². The molecule has 25 heavy (non-hydrogen) atoms. The molecule has 3 heterocycles. The summed E-state index contributed by atoms with van der Waals surface area (Å²) >= 11 is 0. The summed E-state index contributed by atoms with van der Waals surface area (Å²) < 4.78 is 34.1. The molecule has 3 aliphatic heterocycles. The topological polar surface area (TPSA) is 9.72 Å². The fourth-order valence-electron chi connectivity index (χ4n) is 4.47. The zero-order chi connectivity index (χ0) is 21.8. The lowest BCUT2D eigenvalue weighted by atomic mass is 9.75. The monoisotopic (exact) mass is 353 g/mol. The molecular formula is C22H43N3. The van der Waals surface area contributed by atoms with E-state index in [1.54, 1.807) is 0 Å². The predicted octanol–water partition coefficient (Wildman–Crippen LogP) is 3.94. The molecule has 0 saturated carbocycles. The molecule has 0 aliphatic carbocycles. The van der Waals surface area contributed by atoms with Crippen LogP contribution in [0.4, 0.5) is 0 Å².